The molecular formula is C11H18ClN3. The average Bonchev–Trinajstić information content (AvgIpc) is 2.35. The molecule has 1 fully saturated rings. The summed E-state index contributed by atoms with van der Waals surface area (Å²) in [5, 5.41) is 8.54. The molecule has 1 aromatic heterocycles. The van der Waals surface area contributed by atoms with Crippen molar-refractivity contribution in [2.45, 2.75) is 32.7 Å². The van der Waals surface area contributed by atoms with Crippen LogP contribution in [0.4, 0.5) is 0 Å². The van der Waals surface area contributed by atoms with Gasteiger partial charge in [0.05, 0.1) is 16.4 Å². The Morgan fingerprint density at radius 2 is 2.27 bits per heavy atom. The standard InChI is InChI=1S/C11H18ClN3/c1-8-11(12)10(15(2)14-8)7-13-6-9-4-3-5-9/h9,13H,3-7H2,1-2H3. The van der Waals surface area contributed by atoms with Crippen LogP contribution in [0.25, 0.3) is 0 Å². The summed E-state index contributed by atoms with van der Waals surface area (Å²) in [5.74, 6) is 0.887. The number of aryl methyl sites for hydroxylation is 2. The minimum absolute atomic E-state index is 0.804. The van der Waals surface area contributed by atoms with Crippen LogP contribution in [-0.4, -0.2) is 16.3 Å². The Bertz CT molecular complexity index is 342. The fourth-order valence-corrected chi connectivity index (χ4v) is 2.19. The van der Waals surface area contributed by atoms with Gasteiger partial charge < -0.3 is 5.32 Å². The maximum absolute atomic E-state index is 6.15. The second-order valence-corrected chi connectivity index (χ2v) is 4.78. The third-order valence-electron chi connectivity index (χ3n) is 3.21. The van der Waals surface area contributed by atoms with Crippen LogP contribution in [0.3, 0.4) is 0 Å². The Morgan fingerprint density at radius 3 is 2.73 bits per heavy atom. The normalized spacial score (nSPS) is 16.7. The van der Waals surface area contributed by atoms with E-state index >= 15 is 0 Å². The predicted molar refractivity (Wildman–Crippen MR) is 62.0 cm³/mol. The first-order chi connectivity index (χ1) is 7.18. The number of rotatable bonds is 4. The molecule has 0 aromatic carbocycles. The molecular weight excluding hydrogens is 210 g/mol. The molecule has 0 unspecified atom stereocenters. The van der Waals surface area contributed by atoms with Gasteiger partial charge in [0, 0.05) is 13.6 Å². The van der Waals surface area contributed by atoms with Gasteiger partial charge >= 0.3 is 0 Å². The fourth-order valence-electron chi connectivity index (χ4n) is 1.96. The molecule has 0 atom stereocenters. The van der Waals surface area contributed by atoms with Crippen LogP contribution in [-0.2, 0) is 13.6 Å². The van der Waals surface area contributed by atoms with E-state index in [0.717, 1.165) is 35.4 Å². The molecule has 4 heteroatoms. The molecule has 0 aliphatic heterocycles. The molecule has 0 spiro atoms. The first kappa shape index (κ1) is 11.0. The molecule has 1 saturated carbocycles. The lowest BCUT2D eigenvalue weighted by Gasteiger charge is -2.25. The van der Waals surface area contributed by atoms with Crippen molar-refractivity contribution in [3.63, 3.8) is 0 Å². The number of nitrogens with zero attached hydrogens (tertiary/aromatic N) is 2. The number of nitrogens with one attached hydrogen (secondary N) is 1. The van der Waals surface area contributed by atoms with Crippen molar-refractivity contribution in [1.29, 1.82) is 0 Å². The van der Waals surface area contributed by atoms with Crippen molar-refractivity contribution in [2.24, 2.45) is 13.0 Å². The predicted octanol–water partition coefficient (Wildman–Crippen LogP) is 2.27. The highest BCUT2D eigenvalue weighted by Crippen LogP contribution is 2.25. The third kappa shape index (κ3) is 2.34. The maximum Gasteiger partial charge on any atom is 0.0860 e. The lowest BCUT2D eigenvalue weighted by Crippen LogP contribution is -2.27. The molecule has 1 aliphatic rings. The topological polar surface area (TPSA) is 29.9 Å². The van der Waals surface area contributed by atoms with E-state index in [1.165, 1.54) is 19.3 Å². The van der Waals surface area contributed by atoms with Gasteiger partial charge in [-0.1, -0.05) is 18.0 Å². The summed E-state index contributed by atoms with van der Waals surface area (Å²) in [6.45, 7) is 3.88. The summed E-state index contributed by atoms with van der Waals surface area (Å²) >= 11 is 6.15. The highest BCUT2D eigenvalue weighted by atomic mass is 35.5. The molecule has 1 N–H and O–H groups in total. The van der Waals surface area contributed by atoms with E-state index in [1.807, 2.05) is 18.7 Å². The lowest BCUT2D eigenvalue weighted by molar-refractivity contribution is 0.300. The van der Waals surface area contributed by atoms with Gasteiger partial charge in [0.25, 0.3) is 0 Å². The van der Waals surface area contributed by atoms with Crippen LogP contribution in [0.2, 0.25) is 5.02 Å². The van der Waals surface area contributed by atoms with E-state index in [1.54, 1.807) is 0 Å². The summed E-state index contributed by atoms with van der Waals surface area (Å²) in [4.78, 5) is 0. The Labute approximate surface area is 95.8 Å². The summed E-state index contributed by atoms with van der Waals surface area (Å²) < 4.78 is 1.87. The summed E-state index contributed by atoms with van der Waals surface area (Å²) in [6, 6.07) is 0. The Kier molecular flexibility index (Phi) is 3.32. The van der Waals surface area contributed by atoms with Gasteiger partial charge in [0.2, 0.25) is 0 Å². The van der Waals surface area contributed by atoms with Crippen molar-refractivity contribution in [1.82, 2.24) is 15.1 Å². The zero-order chi connectivity index (χ0) is 10.8. The second-order valence-electron chi connectivity index (χ2n) is 4.40. The van der Waals surface area contributed by atoms with E-state index in [4.69, 9.17) is 11.6 Å². The zero-order valence-electron chi connectivity index (χ0n) is 9.39. The van der Waals surface area contributed by atoms with Crippen LogP contribution in [0, 0.1) is 12.8 Å². The summed E-state index contributed by atoms with van der Waals surface area (Å²) in [6.07, 6.45) is 4.16. The van der Waals surface area contributed by atoms with Gasteiger partial charge in [0.15, 0.2) is 0 Å². The number of halogens is 1. The van der Waals surface area contributed by atoms with E-state index < -0.39 is 0 Å². The van der Waals surface area contributed by atoms with Crippen molar-refractivity contribution in [2.75, 3.05) is 6.54 Å². The Hall–Kier alpha value is -0.540. The van der Waals surface area contributed by atoms with Gasteiger partial charge in [-0.15, -0.1) is 0 Å². The van der Waals surface area contributed by atoms with Crippen molar-refractivity contribution in [3.8, 4) is 0 Å². The number of aromatic nitrogens is 2. The summed E-state index contributed by atoms with van der Waals surface area (Å²) in [5.41, 5.74) is 2.01. The maximum atomic E-state index is 6.15. The second kappa shape index (κ2) is 4.54. The van der Waals surface area contributed by atoms with Gasteiger partial charge in [-0.25, -0.2) is 0 Å². The minimum atomic E-state index is 0.804. The van der Waals surface area contributed by atoms with Gasteiger partial charge in [0.1, 0.15) is 0 Å². The van der Waals surface area contributed by atoms with Crippen LogP contribution in [0.5, 0.6) is 0 Å². The van der Waals surface area contributed by atoms with E-state index in [2.05, 4.69) is 10.4 Å². The quantitative estimate of drug-likeness (QED) is 0.856. The van der Waals surface area contributed by atoms with Crippen molar-refractivity contribution >= 4 is 11.6 Å². The lowest BCUT2D eigenvalue weighted by atomic mass is 9.85. The molecule has 2 rings (SSSR count). The SMILES string of the molecule is Cc1nn(C)c(CNCC2CCC2)c1Cl. The molecule has 0 amide bonds. The van der Waals surface area contributed by atoms with Crippen molar-refractivity contribution < 1.29 is 0 Å². The van der Waals surface area contributed by atoms with E-state index in [9.17, 15) is 0 Å². The molecule has 0 bridgehead atoms. The highest BCUT2D eigenvalue weighted by Gasteiger charge is 2.17. The van der Waals surface area contributed by atoms with Crippen LogP contribution < -0.4 is 5.32 Å². The molecule has 1 heterocycles. The highest BCUT2D eigenvalue weighted by molar-refractivity contribution is 6.31. The number of hydrogen-bond acceptors (Lipinski definition) is 2. The fraction of sp³-hybridized carbons (Fsp3) is 0.727. The molecule has 15 heavy (non-hydrogen) atoms. The zero-order valence-corrected chi connectivity index (χ0v) is 10.1. The van der Waals surface area contributed by atoms with Crippen LogP contribution >= 0.6 is 11.6 Å². The molecule has 1 aromatic rings. The number of hydrogen-bond donors (Lipinski definition) is 1. The third-order valence-corrected chi connectivity index (χ3v) is 3.70. The van der Waals surface area contributed by atoms with Gasteiger partial charge in [-0.05, 0) is 32.2 Å². The monoisotopic (exact) mass is 227 g/mol. The molecule has 3 nitrogen and oxygen atoms in total. The molecule has 0 radical (unpaired) electrons. The molecule has 1 aliphatic carbocycles. The first-order valence-electron chi connectivity index (χ1n) is 5.57. The van der Waals surface area contributed by atoms with E-state index in [0.29, 0.717) is 0 Å². The minimum Gasteiger partial charge on any atom is -0.311 e. The van der Waals surface area contributed by atoms with Crippen molar-refractivity contribution in [3.05, 3.63) is 16.4 Å². The Morgan fingerprint density at radius 1 is 1.53 bits per heavy atom. The Balaban J connectivity index is 1.86. The largest absolute Gasteiger partial charge is 0.311 e. The smallest absolute Gasteiger partial charge is 0.0860 e. The van der Waals surface area contributed by atoms with Crippen LogP contribution in [0.1, 0.15) is 30.7 Å². The first-order valence-corrected chi connectivity index (χ1v) is 5.95. The van der Waals surface area contributed by atoms with E-state index in [-0.39, 0.29) is 0 Å². The molecule has 84 valence electrons. The van der Waals surface area contributed by atoms with Gasteiger partial charge in [-0.2, -0.15) is 5.10 Å². The van der Waals surface area contributed by atoms with Gasteiger partial charge in [-0.3, -0.25) is 4.68 Å². The molecule has 0 saturated heterocycles. The summed E-state index contributed by atoms with van der Waals surface area (Å²) in [7, 11) is 1.94. The average molecular weight is 228 g/mol. The van der Waals surface area contributed by atoms with Crippen LogP contribution in [0.15, 0.2) is 0 Å².